The number of hydrogen-bond donors (Lipinski definition) is 1. The van der Waals surface area contributed by atoms with E-state index in [4.69, 9.17) is 17.3 Å². The average molecular weight is 266 g/mol. The summed E-state index contributed by atoms with van der Waals surface area (Å²) >= 11 is 7.29. The second-order valence-electron chi connectivity index (χ2n) is 3.58. The molecule has 0 radical (unpaired) electrons. The molecule has 0 amide bonds. The van der Waals surface area contributed by atoms with Crippen LogP contribution in [0.1, 0.15) is 11.3 Å². The molecule has 0 bridgehead atoms. The number of nitrogens with zero attached hydrogens (tertiary/aromatic N) is 2. The molecule has 0 unspecified atom stereocenters. The molecule has 2 heterocycles. The monoisotopic (exact) mass is 265 g/mol. The fourth-order valence-electron chi connectivity index (χ4n) is 1.41. The molecule has 0 saturated heterocycles. The summed E-state index contributed by atoms with van der Waals surface area (Å²) in [6.07, 6.45) is 1.63. The van der Waals surface area contributed by atoms with Crippen molar-refractivity contribution in [1.82, 2.24) is 9.97 Å². The summed E-state index contributed by atoms with van der Waals surface area (Å²) in [5, 5.41) is 2.41. The van der Waals surface area contributed by atoms with Crippen LogP contribution in [0, 0.1) is 6.92 Å². The molecule has 0 aliphatic rings. The van der Waals surface area contributed by atoms with Crippen molar-refractivity contribution in [1.29, 1.82) is 0 Å². The van der Waals surface area contributed by atoms with Gasteiger partial charge in [0.25, 0.3) is 0 Å². The Morgan fingerprint density at radius 3 is 2.76 bits per heavy atom. The van der Waals surface area contributed by atoms with Gasteiger partial charge >= 0.3 is 0 Å². The van der Waals surface area contributed by atoms with Gasteiger partial charge in [-0.05, 0) is 36.8 Å². The van der Waals surface area contributed by atoms with Gasteiger partial charge < -0.3 is 5.73 Å². The number of hydrogen-bond acceptors (Lipinski definition) is 4. The Morgan fingerprint density at radius 1 is 1.29 bits per heavy atom. The first-order valence-corrected chi connectivity index (χ1v) is 6.34. The lowest BCUT2D eigenvalue weighted by Crippen LogP contribution is -1.98. The maximum Gasteiger partial charge on any atom is 0.103 e. The number of pyridine rings is 2. The predicted octanol–water partition coefficient (Wildman–Crippen LogP) is 3.05. The van der Waals surface area contributed by atoms with E-state index in [0.29, 0.717) is 11.6 Å². The topological polar surface area (TPSA) is 51.8 Å². The normalized spacial score (nSPS) is 10.5. The molecule has 5 heteroatoms. The van der Waals surface area contributed by atoms with Gasteiger partial charge in [-0.2, -0.15) is 0 Å². The molecule has 2 N–H and O–H groups in total. The van der Waals surface area contributed by atoms with Gasteiger partial charge in [0, 0.05) is 18.4 Å². The maximum atomic E-state index is 5.78. The zero-order valence-corrected chi connectivity index (χ0v) is 10.9. The van der Waals surface area contributed by atoms with E-state index in [1.54, 1.807) is 6.20 Å². The van der Waals surface area contributed by atoms with E-state index in [1.165, 1.54) is 11.8 Å². The second-order valence-corrected chi connectivity index (χ2v) is 5.05. The van der Waals surface area contributed by atoms with Gasteiger partial charge in [0.05, 0.1) is 5.02 Å². The summed E-state index contributed by atoms with van der Waals surface area (Å²) in [7, 11) is 0. The molecule has 2 aromatic rings. The van der Waals surface area contributed by atoms with Crippen LogP contribution in [-0.4, -0.2) is 9.97 Å². The minimum absolute atomic E-state index is 0.519. The minimum Gasteiger partial charge on any atom is -0.326 e. The van der Waals surface area contributed by atoms with Gasteiger partial charge in [-0.25, -0.2) is 9.97 Å². The van der Waals surface area contributed by atoms with E-state index in [9.17, 15) is 0 Å². The molecule has 0 atom stereocenters. The van der Waals surface area contributed by atoms with Crippen molar-refractivity contribution in [2.24, 2.45) is 5.73 Å². The number of aromatic nitrogens is 2. The lowest BCUT2D eigenvalue weighted by molar-refractivity contribution is 0.983. The lowest BCUT2D eigenvalue weighted by atomic mass is 10.2. The molecule has 2 aromatic heterocycles. The molecular formula is C12H12ClN3S. The first-order chi connectivity index (χ1) is 8.17. The summed E-state index contributed by atoms with van der Waals surface area (Å²) in [6.45, 7) is 2.48. The Bertz CT molecular complexity index is 514. The van der Waals surface area contributed by atoms with E-state index in [0.717, 1.165) is 21.3 Å². The number of aryl methyl sites for hydroxylation is 1. The smallest absolute Gasteiger partial charge is 0.103 e. The largest absolute Gasteiger partial charge is 0.326 e. The molecule has 3 nitrogen and oxygen atoms in total. The molecule has 0 spiro atoms. The Kier molecular flexibility index (Phi) is 3.99. The van der Waals surface area contributed by atoms with E-state index >= 15 is 0 Å². The summed E-state index contributed by atoms with van der Waals surface area (Å²) in [5.41, 5.74) is 7.67. The van der Waals surface area contributed by atoms with Gasteiger partial charge in [0.1, 0.15) is 10.1 Å². The van der Waals surface area contributed by atoms with Crippen LogP contribution >= 0.6 is 23.4 Å². The highest BCUT2D eigenvalue weighted by Crippen LogP contribution is 2.25. The third-order valence-corrected chi connectivity index (χ3v) is 3.23. The molecule has 2 rings (SSSR count). The van der Waals surface area contributed by atoms with Crippen LogP contribution in [0.15, 0.2) is 40.5 Å². The van der Waals surface area contributed by atoms with Crippen LogP contribution in [0.4, 0.5) is 0 Å². The quantitative estimate of drug-likeness (QED) is 0.927. The van der Waals surface area contributed by atoms with Crippen LogP contribution in [0.3, 0.4) is 0 Å². The highest BCUT2D eigenvalue weighted by atomic mass is 35.5. The molecule has 17 heavy (non-hydrogen) atoms. The molecule has 0 fully saturated rings. The van der Waals surface area contributed by atoms with Crippen molar-refractivity contribution >= 4 is 23.4 Å². The van der Waals surface area contributed by atoms with E-state index in [1.807, 2.05) is 31.2 Å². The number of rotatable bonds is 3. The van der Waals surface area contributed by atoms with Crippen LogP contribution < -0.4 is 5.73 Å². The fourth-order valence-corrected chi connectivity index (χ4v) is 2.37. The molecule has 0 aliphatic heterocycles. The third-order valence-electron chi connectivity index (χ3n) is 2.13. The van der Waals surface area contributed by atoms with Crippen LogP contribution in [0.5, 0.6) is 0 Å². The van der Waals surface area contributed by atoms with Crippen molar-refractivity contribution in [2.75, 3.05) is 0 Å². The Labute approximate surface area is 109 Å². The van der Waals surface area contributed by atoms with E-state index in [-0.39, 0.29) is 0 Å². The second kappa shape index (κ2) is 5.49. The van der Waals surface area contributed by atoms with Gasteiger partial charge in [-0.3, -0.25) is 0 Å². The van der Waals surface area contributed by atoms with Crippen molar-refractivity contribution in [2.45, 2.75) is 23.5 Å². The average Bonchev–Trinajstić information content (AvgIpc) is 2.31. The molecule has 88 valence electrons. The summed E-state index contributed by atoms with van der Waals surface area (Å²) < 4.78 is 0. The fraction of sp³-hybridized carbons (Fsp3) is 0.167. The first kappa shape index (κ1) is 12.4. The third kappa shape index (κ3) is 3.43. The van der Waals surface area contributed by atoms with E-state index in [2.05, 4.69) is 9.97 Å². The van der Waals surface area contributed by atoms with Crippen LogP contribution in [-0.2, 0) is 6.54 Å². The minimum atomic E-state index is 0.519. The Hall–Kier alpha value is -1.10. The van der Waals surface area contributed by atoms with Gasteiger partial charge in [-0.1, -0.05) is 23.4 Å². The molecular weight excluding hydrogens is 254 g/mol. The predicted molar refractivity (Wildman–Crippen MR) is 70.2 cm³/mol. The molecule has 0 aromatic carbocycles. The summed E-state index contributed by atoms with van der Waals surface area (Å²) in [4.78, 5) is 8.65. The summed E-state index contributed by atoms with van der Waals surface area (Å²) in [5.74, 6) is 0. The maximum absolute atomic E-state index is 5.78. The standard InChI is InChI=1S/C12H12ClN3S/c1-8-4-9(6-14)5-12(16-8)17-11-3-2-10(13)7-15-11/h2-5,7H,6,14H2,1H3. The highest BCUT2D eigenvalue weighted by molar-refractivity contribution is 7.99. The highest BCUT2D eigenvalue weighted by Gasteiger charge is 2.03. The zero-order chi connectivity index (χ0) is 12.3. The lowest BCUT2D eigenvalue weighted by Gasteiger charge is -2.04. The van der Waals surface area contributed by atoms with Crippen molar-refractivity contribution < 1.29 is 0 Å². The van der Waals surface area contributed by atoms with Crippen LogP contribution in [0.25, 0.3) is 0 Å². The van der Waals surface area contributed by atoms with Gasteiger partial charge in [0.2, 0.25) is 0 Å². The summed E-state index contributed by atoms with van der Waals surface area (Å²) in [6, 6.07) is 7.66. The van der Waals surface area contributed by atoms with Gasteiger partial charge in [-0.15, -0.1) is 0 Å². The van der Waals surface area contributed by atoms with E-state index < -0.39 is 0 Å². The molecule has 0 aliphatic carbocycles. The van der Waals surface area contributed by atoms with Gasteiger partial charge in [0.15, 0.2) is 0 Å². The Morgan fingerprint density at radius 2 is 2.12 bits per heavy atom. The molecule has 0 saturated carbocycles. The van der Waals surface area contributed by atoms with Crippen molar-refractivity contribution in [3.05, 3.63) is 46.7 Å². The SMILES string of the molecule is Cc1cc(CN)cc(Sc2ccc(Cl)cn2)n1. The van der Waals surface area contributed by atoms with Crippen molar-refractivity contribution in [3.63, 3.8) is 0 Å². The first-order valence-electron chi connectivity index (χ1n) is 5.14. The number of nitrogens with two attached hydrogens (primary N) is 1. The van der Waals surface area contributed by atoms with Crippen LogP contribution in [0.2, 0.25) is 5.02 Å². The van der Waals surface area contributed by atoms with Crippen molar-refractivity contribution in [3.8, 4) is 0 Å². The zero-order valence-electron chi connectivity index (χ0n) is 9.35. The number of halogens is 1. The Balaban J connectivity index is 2.23.